The van der Waals surface area contributed by atoms with E-state index in [2.05, 4.69) is 32.9 Å². The number of nitrogens with two attached hydrogens (primary N) is 1. The molecule has 2 N–H and O–H groups in total. The quantitative estimate of drug-likeness (QED) is 0.666. The summed E-state index contributed by atoms with van der Waals surface area (Å²) in [5.74, 6) is 1.26. The third kappa shape index (κ3) is 2.00. The van der Waals surface area contributed by atoms with Crippen LogP contribution in [0.4, 0.5) is 5.69 Å². The normalized spacial score (nSPS) is 13.3. The first-order valence-corrected chi connectivity index (χ1v) is 4.46. The van der Waals surface area contributed by atoms with Crippen LogP contribution in [0.15, 0.2) is 24.3 Å². The van der Waals surface area contributed by atoms with Crippen LogP contribution in [0.2, 0.25) is 0 Å². The van der Waals surface area contributed by atoms with Crippen LogP contribution in [-0.2, 0) is 0 Å². The molecule has 0 bridgehead atoms. The van der Waals surface area contributed by atoms with Gasteiger partial charge in [-0.3, -0.25) is 0 Å². The summed E-state index contributed by atoms with van der Waals surface area (Å²) in [5, 5.41) is 0. The molecule has 0 fully saturated rings. The molecule has 12 heavy (non-hydrogen) atoms. The largest absolute Gasteiger partial charge is 0.399 e. The lowest BCUT2D eigenvalue weighted by atomic mass is 9.90. The molecule has 1 aromatic carbocycles. The molecule has 0 saturated heterocycles. The van der Waals surface area contributed by atoms with Crippen molar-refractivity contribution >= 4 is 5.69 Å². The number of hydrogen-bond acceptors (Lipinski definition) is 1. The zero-order chi connectivity index (χ0) is 9.14. The minimum Gasteiger partial charge on any atom is -0.399 e. The van der Waals surface area contributed by atoms with Crippen molar-refractivity contribution in [2.24, 2.45) is 5.92 Å². The van der Waals surface area contributed by atoms with Gasteiger partial charge in [-0.25, -0.2) is 0 Å². The lowest BCUT2D eigenvalue weighted by molar-refractivity contribution is 0.535. The van der Waals surface area contributed by atoms with Crippen molar-refractivity contribution in [3.63, 3.8) is 0 Å². The fourth-order valence-electron chi connectivity index (χ4n) is 1.23. The molecular weight excluding hydrogens is 146 g/mol. The maximum atomic E-state index is 5.70. The molecule has 0 spiro atoms. The number of nitrogen functional groups attached to an aromatic ring is 1. The predicted molar refractivity (Wildman–Crippen MR) is 54.1 cm³/mol. The first-order chi connectivity index (χ1) is 5.61. The Morgan fingerprint density at radius 3 is 2.33 bits per heavy atom. The smallest absolute Gasteiger partial charge is 0.0316 e. The lowest BCUT2D eigenvalue weighted by Crippen LogP contribution is -2.02. The number of rotatable bonds is 2. The van der Waals surface area contributed by atoms with Crippen molar-refractivity contribution in [3.05, 3.63) is 29.8 Å². The highest BCUT2D eigenvalue weighted by Crippen LogP contribution is 2.24. The topological polar surface area (TPSA) is 26.0 Å². The van der Waals surface area contributed by atoms with Gasteiger partial charge in [-0.1, -0.05) is 32.9 Å². The van der Waals surface area contributed by atoms with Gasteiger partial charge >= 0.3 is 0 Å². The summed E-state index contributed by atoms with van der Waals surface area (Å²) in [6, 6.07) is 8.14. The van der Waals surface area contributed by atoms with Gasteiger partial charge in [-0.05, 0) is 29.5 Å². The summed E-state index contributed by atoms with van der Waals surface area (Å²) in [4.78, 5) is 0. The minimum atomic E-state index is 0.591. The number of benzene rings is 1. The van der Waals surface area contributed by atoms with Crippen LogP contribution in [0.5, 0.6) is 0 Å². The van der Waals surface area contributed by atoms with E-state index in [1.807, 2.05) is 12.1 Å². The molecule has 1 rings (SSSR count). The van der Waals surface area contributed by atoms with E-state index in [9.17, 15) is 0 Å². The SMILES string of the molecule is CC(C)C(C)c1cccc(N)c1. The average Bonchev–Trinajstić information content (AvgIpc) is 2.03. The van der Waals surface area contributed by atoms with E-state index in [0.717, 1.165) is 5.69 Å². The summed E-state index contributed by atoms with van der Waals surface area (Å²) in [6.45, 7) is 6.70. The molecule has 1 nitrogen and oxygen atoms in total. The molecule has 0 aliphatic carbocycles. The van der Waals surface area contributed by atoms with E-state index in [4.69, 9.17) is 5.73 Å². The Morgan fingerprint density at radius 1 is 1.17 bits per heavy atom. The van der Waals surface area contributed by atoms with Crippen LogP contribution in [0.3, 0.4) is 0 Å². The predicted octanol–water partition coefficient (Wildman–Crippen LogP) is 3.03. The summed E-state index contributed by atoms with van der Waals surface area (Å²) >= 11 is 0. The molecular formula is C11H17N. The first-order valence-electron chi connectivity index (χ1n) is 4.46. The van der Waals surface area contributed by atoms with Gasteiger partial charge in [0.15, 0.2) is 0 Å². The fraction of sp³-hybridized carbons (Fsp3) is 0.455. The van der Waals surface area contributed by atoms with Crippen LogP contribution in [0.1, 0.15) is 32.3 Å². The molecule has 66 valence electrons. The standard InChI is InChI=1S/C11H17N/c1-8(2)9(3)10-5-4-6-11(12)7-10/h4-9H,12H2,1-3H3. The minimum absolute atomic E-state index is 0.591. The zero-order valence-electron chi connectivity index (χ0n) is 8.04. The van der Waals surface area contributed by atoms with Gasteiger partial charge in [0.25, 0.3) is 0 Å². The maximum absolute atomic E-state index is 5.70. The summed E-state index contributed by atoms with van der Waals surface area (Å²) in [7, 11) is 0. The van der Waals surface area contributed by atoms with Crippen molar-refractivity contribution < 1.29 is 0 Å². The van der Waals surface area contributed by atoms with Crippen LogP contribution >= 0.6 is 0 Å². The Balaban J connectivity index is 2.88. The molecule has 0 saturated carbocycles. The van der Waals surface area contributed by atoms with E-state index < -0.39 is 0 Å². The monoisotopic (exact) mass is 163 g/mol. The van der Waals surface area contributed by atoms with Crippen LogP contribution in [0, 0.1) is 5.92 Å². The average molecular weight is 163 g/mol. The highest BCUT2D eigenvalue weighted by Gasteiger charge is 2.08. The van der Waals surface area contributed by atoms with E-state index >= 15 is 0 Å². The Hall–Kier alpha value is -0.980. The molecule has 1 heteroatoms. The van der Waals surface area contributed by atoms with E-state index in [1.165, 1.54) is 5.56 Å². The zero-order valence-corrected chi connectivity index (χ0v) is 8.04. The van der Waals surface area contributed by atoms with Crippen molar-refractivity contribution in [1.29, 1.82) is 0 Å². The molecule has 0 radical (unpaired) electrons. The Morgan fingerprint density at radius 2 is 1.83 bits per heavy atom. The van der Waals surface area contributed by atoms with Gasteiger partial charge in [-0.2, -0.15) is 0 Å². The lowest BCUT2D eigenvalue weighted by Gasteiger charge is -2.15. The van der Waals surface area contributed by atoms with Gasteiger partial charge < -0.3 is 5.73 Å². The van der Waals surface area contributed by atoms with Gasteiger partial charge in [0.1, 0.15) is 0 Å². The molecule has 1 unspecified atom stereocenters. The van der Waals surface area contributed by atoms with Crippen molar-refractivity contribution in [2.45, 2.75) is 26.7 Å². The molecule has 0 aliphatic heterocycles. The van der Waals surface area contributed by atoms with Crippen LogP contribution in [0.25, 0.3) is 0 Å². The van der Waals surface area contributed by atoms with E-state index in [0.29, 0.717) is 11.8 Å². The molecule has 0 aliphatic rings. The summed E-state index contributed by atoms with van der Waals surface area (Å²) < 4.78 is 0. The Bertz CT molecular complexity index is 253. The Labute approximate surface area is 74.6 Å². The van der Waals surface area contributed by atoms with Crippen LogP contribution < -0.4 is 5.73 Å². The maximum Gasteiger partial charge on any atom is 0.0316 e. The van der Waals surface area contributed by atoms with Gasteiger partial charge in [0.05, 0.1) is 0 Å². The number of hydrogen-bond donors (Lipinski definition) is 1. The van der Waals surface area contributed by atoms with E-state index in [-0.39, 0.29) is 0 Å². The van der Waals surface area contributed by atoms with Gasteiger partial charge in [-0.15, -0.1) is 0 Å². The fourth-order valence-corrected chi connectivity index (χ4v) is 1.23. The molecule has 0 aromatic heterocycles. The summed E-state index contributed by atoms with van der Waals surface area (Å²) in [6.07, 6.45) is 0. The highest BCUT2D eigenvalue weighted by atomic mass is 14.5. The number of anilines is 1. The first kappa shape index (κ1) is 9.11. The van der Waals surface area contributed by atoms with Gasteiger partial charge in [0, 0.05) is 5.69 Å². The van der Waals surface area contributed by atoms with Crippen molar-refractivity contribution in [1.82, 2.24) is 0 Å². The van der Waals surface area contributed by atoms with E-state index in [1.54, 1.807) is 0 Å². The second-order valence-corrected chi connectivity index (χ2v) is 3.70. The second kappa shape index (κ2) is 3.61. The second-order valence-electron chi connectivity index (χ2n) is 3.70. The summed E-state index contributed by atoms with van der Waals surface area (Å²) in [5.41, 5.74) is 7.90. The Kier molecular flexibility index (Phi) is 2.74. The third-order valence-electron chi connectivity index (χ3n) is 2.44. The molecule has 0 amide bonds. The van der Waals surface area contributed by atoms with Crippen molar-refractivity contribution in [3.8, 4) is 0 Å². The molecule has 1 aromatic rings. The highest BCUT2D eigenvalue weighted by molar-refractivity contribution is 5.41. The van der Waals surface area contributed by atoms with Crippen LogP contribution in [-0.4, -0.2) is 0 Å². The third-order valence-corrected chi connectivity index (χ3v) is 2.44. The van der Waals surface area contributed by atoms with Crippen molar-refractivity contribution in [2.75, 3.05) is 5.73 Å². The van der Waals surface area contributed by atoms with Gasteiger partial charge in [0.2, 0.25) is 0 Å². The molecule has 1 atom stereocenters. The molecule has 0 heterocycles.